The zero-order valence-electron chi connectivity index (χ0n) is 13.2. The number of H-pyrrole nitrogens is 1. The van der Waals surface area contributed by atoms with E-state index in [0.717, 1.165) is 55.1 Å². The van der Waals surface area contributed by atoms with E-state index in [1.54, 1.807) is 11.0 Å². The molecule has 0 bridgehead atoms. The molecule has 2 aliphatic rings. The number of hydrogen-bond donors (Lipinski definition) is 1. The quantitative estimate of drug-likeness (QED) is 0.844. The third-order valence-electron chi connectivity index (χ3n) is 5.31. The van der Waals surface area contributed by atoms with Gasteiger partial charge in [0, 0.05) is 41.2 Å². The van der Waals surface area contributed by atoms with Gasteiger partial charge < -0.3 is 9.88 Å². The number of carbonyl (C=O) groups excluding carboxylic acids is 1. The van der Waals surface area contributed by atoms with Crippen LogP contribution in [-0.2, 0) is 17.6 Å². The van der Waals surface area contributed by atoms with Crippen LogP contribution in [0.1, 0.15) is 42.0 Å². The van der Waals surface area contributed by atoms with E-state index in [4.69, 9.17) is 0 Å². The van der Waals surface area contributed by atoms with E-state index in [2.05, 4.69) is 11.6 Å². The van der Waals surface area contributed by atoms with Crippen LogP contribution in [0.25, 0.3) is 10.9 Å². The van der Waals surface area contributed by atoms with Gasteiger partial charge in [-0.3, -0.25) is 4.79 Å². The summed E-state index contributed by atoms with van der Waals surface area (Å²) in [5.74, 6) is -0.123. The molecule has 1 aliphatic carbocycles. The van der Waals surface area contributed by atoms with Gasteiger partial charge in [0.15, 0.2) is 0 Å². The summed E-state index contributed by atoms with van der Waals surface area (Å²) in [7, 11) is 0. The fraction of sp³-hybridized carbons (Fsp3) is 0.421. The molecule has 1 fully saturated rings. The first kappa shape index (κ1) is 14.5. The van der Waals surface area contributed by atoms with Crippen LogP contribution in [0.5, 0.6) is 0 Å². The zero-order valence-corrected chi connectivity index (χ0v) is 13.2. The average Bonchev–Trinajstić information content (AvgIpc) is 3.15. The van der Waals surface area contributed by atoms with Gasteiger partial charge in [-0.25, -0.2) is 4.39 Å². The number of rotatable bonds is 2. The van der Waals surface area contributed by atoms with Crippen LogP contribution in [0.3, 0.4) is 0 Å². The first-order valence-corrected chi connectivity index (χ1v) is 8.42. The second kappa shape index (κ2) is 5.52. The number of hydrogen-bond acceptors (Lipinski definition) is 1. The van der Waals surface area contributed by atoms with Gasteiger partial charge in [-0.2, -0.15) is 0 Å². The van der Waals surface area contributed by atoms with E-state index < -0.39 is 0 Å². The minimum atomic E-state index is -0.135. The Balaban J connectivity index is 1.80. The number of carbonyl (C=O) groups is 1. The summed E-state index contributed by atoms with van der Waals surface area (Å²) < 4.78 is 14.7. The monoisotopic (exact) mass is 312 g/mol. The van der Waals surface area contributed by atoms with E-state index in [0.29, 0.717) is 6.54 Å². The van der Waals surface area contributed by atoms with Crippen molar-refractivity contribution in [2.24, 2.45) is 0 Å². The maximum absolute atomic E-state index is 14.7. The molecule has 120 valence electrons. The van der Waals surface area contributed by atoms with Gasteiger partial charge in [-0.1, -0.05) is 6.58 Å². The summed E-state index contributed by atoms with van der Waals surface area (Å²) in [6.07, 6.45) is 6.40. The Morgan fingerprint density at radius 1 is 1.35 bits per heavy atom. The number of amides is 1. The molecule has 1 aromatic heterocycles. The molecule has 4 heteroatoms. The van der Waals surface area contributed by atoms with Crippen LogP contribution < -0.4 is 0 Å². The van der Waals surface area contributed by atoms with Crippen LogP contribution in [0.4, 0.5) is 4.39 Å². The number of fused-ring (bicyclic) bond motifs is 3. The SMILES string of the molecule is C=CC(=O)N1CCC[C@H](c2c(F)ccc3[nH]c4c(c23)CCC4)C1. The summed E-state index contributed by atoms with van der Waals surface area (Å²) in [6.45, 7) is 4.89. The maximum atomic E-state index is 14.7. The maximum Gasteiger partial charge on any atom is 0.245 e. The summed E-state index contributed by atoms with van der Waals surface area (Å²) in [5, 5.41) is 1.08. The molecule has 2 heterocycles. The molecule has 0 saturated carbocycles. The summed E-state index contributed by atoms with van der Waals surface area (Å²) >= 11 is 0. The molecule has 1 aromatic carbocycles. The van der Waals surface area contributed by atoms with Gasteiger partial charge in [0.2, 0.25) is 5.91 Å². The van der Waals surface area contributed by atoms with Crippen molar-refractivity contribution in [3.8, 4) is 0 Å². The highest BCUT2D eigenvalue weighted by molar-refractivity contribution is 5.90. The van der Waals surface area contributed by atoms with E-state index >= 15 is 0 Å². The Morgan fingerprint density at radius 2 is 2.22 bits per heavy atom. The Bertz CT molecular complexity index is 792. The van der Waals surface area contributed by atoms with E-state index in [1.807, 2.05) is 6.07 Å². The van der Waals surface area contributed by atoms with Crippen molar-refractivity contribution >= 4 is 16.8 Å². The number of aromatic amines is 1. The molecule has 23 heavy (non-hydrogen) atoms. The number of benzene rings is 1. The number of likely N-dealkylation sites (tertiary alicyclic amines) is 1. The van der Waals surface area contributed by atoms with Gasteiger partial charge in [0.05, 0.1) is 0 Å². The van der Waals surface area contributed by atoms with E-state index in [1.165, 1.54) is 17.3 Å². The van der Waals surface area contributed by atoms with Crippen LogP contribution >= 0.6 is 0 Å². The van der Waals surface area contributed by atoms with E-state index in [9.17, 15) is 9.18 Å². The number of aryl methyl sites for hydroxylation is 2. The van der Waals surface area contributed by atoms with Crippen molar-refractivity contribution in [1.82, 2.24) is 9.88 Å². The number of piperidine rings is 1. The average molecular weight is 312 g/mol. The highest BCUT2D eigenvalue weighted by Gasteiger charge is 2.29. The molecule has 0 unspecified atom stereocenters. The van der Waals surface area contributed by atoms with Gasteiger partial charge in [-0.05, 0) is 55.9 Å². The van der Waals surface area contributed by atoms with Crippen molar-refractivity contribution < 1.29 is 9.18 Å². The molecule has 0 radical (unpaired) electrons. The molecule has 0 spiro atoms. The van der Waals surface area contributed by atoms with Crippen molar-refractivity contribution in [2.75, 3.05) is 13.1 Å². The third-order valence-corrected chi connectivity index (χ3v) is 5.31. The second-order valence-electron chi connectivity index (χ2n) is 6.65. The summed E-state index contributed by atoms with van der Waals surface area (Å²) in [5.41, 5.74) is 4.41. The first-order chi connectivity index (χ1) is 11.2. The molecule has 1 aliphatic heterocycles. The fourth-order valence-electron chi connectivity index (χ4n) is 4.28. The van der Waals surface area contributed by atoms with Gasteiger partial charge in [0.1, 0.15) is 5.82 Å². The molecule has 1 N–H and O–H groups in total. The predicted molar refractivity (Wildman–Crippen MR) is 89.0 cm³/mol. The molecule has 1 amide bonds. The smallest absolute Gasteiger partial charge is 0.245 e. The molecular weight excluding hydrogens is 291 g/mol. The largest absolute Gasteiger partial charge is 0.358 e. The topological polar surface area (TPSA) is 36.1 Å². The molecule has 1 saturated heterocycles. The molecular formula is C19H21FN2O. The standard InChI is InChI=1S/C19H21FN2O/c1-2-17(23)22-10-4-5-12(11-22)18-14(20)8-9-16-19(18)13-6-3-7-15(13)21-16/h2,8-9,12,21H,1,3-7,10-11H2/t12-/m0/s1. The number of nitrogens with one attached hydrogen (secondary N) is 1. The Kier molecular flexibility index (Phi) is 3.47. The lowest BCUT2D eigenvalue weighted by Gasteiger charge is -2.33. The van der Waals surface area contributed by atoms with Crippen LogP contribution in [0, 0.1) is 5.82 Å². The zero-order chi connectivity index (χ0) is 16.0. The van der Waals surface area contributed by atoms with Crippen LogP contribution in [-0.4, -0.2) is 28.9 Å². The van der Waals surface area contributed by atoms with Gasteiger partial charge in [-0.15, -0.1) is 0 Å². The van der Waals surface area contributed by atoms with Crippen molar-refractivity contribution in [2.45, 2.75) is 38.0 Å². The first-order valence-electron chi connectivity index (χ1n) is 8.42. The van der Waals surface area contributed by atoms with E-state index in [-0.39, 0.29) is 17.6 Å². The summed E-state index contributed by atoms with van der Waals surface area (Å²) in [4.78, 5) is 17.2. The van der Waals surface area contributed by atoms with Crippen LogP contribution in [0.2, 0.25) is 0 Å². The normalized spacial score (nSPS) is 20.7. The Labute approximate surface area is 135 Å². The lowest BCUT2D eigenvalue weighted by atomic mass is 9.86. The van der Waals surface area contributed by atoms with Crippen LogP contribution in [0.15, 0.2) is 24.8 Å². The lowest BCUT2D eigenvalue weighted by molar-refractivity contribution is -0.127. The van der Waals surface area contributed by atoms with Crippen molar-refractivity contribution in [1.29, 1.82) is 0 Å². The minimum absolute atomic E-state index is 0.0541. The molecule has 1 atom stereocenters. The third kappa shape index (κ3) is 2.28. The minimum Gasteiger partial charge on any atom is -0.358 e. The second-order valence-corrected chi connectivity index (χ2v) is 6.65. The molecule has 2 aromatic rings. The molecule has 4 rings (SSSR count). The fourth-order valence-corrected chi connectivity index (χ4v) is 4.28. The van der Waals surface area contributed by atoms with Crippen molar-refractivity contribution in [3.63, 3.8) is 0 Å². The number of aromatic nitrogens is 1. The van der Waals surface area contributed by atoms with Gasteiger partial charge >= 0.3 is 0 Å². The number of halogens is 1. The Hall–Kier alpha value is -2.10. The van der Waals surface area contributed by atoms with Crippen molar-refractivity contribution in [3.05, 3.63) is 47.4 Å². The number of nitrogens with zero attached hydrogens (tertiary/aromatic N) is 1. The predicted octanol–water partition coefficient (Wildman–Crippen LogP) is 3.69. The molecule has 3 nitrogen and oxygen atoms in total. The van der Waals surface area contributed by atoms with Gasteiger partial charge in [0.25, 0.3) is 0 Å². The summed E-state index contributed by atoms with van der Waals surface area (Å²) in [6, 6.07) is 3.42. The Morgan fingerprint density at radius 3 is 3.04 bits per heavy atom. The highest BCUT2D eigenvalue weighted by atomic mass is 19.1. The lowest BCUT2D eigenvalue weighted by Crippen LogP contribution is -2.38. The highest BCUT2D eigenvalue weighted by Crippen LogP contribution is 2.39.